The maximum atomic E-state index is 13.0. The molecule has 3 atom stereocenters. The van der Waals surface area contributed by atoms with Gasteiger partial charge in [0.15, 0.2) is 0 Å². The van der Waals surface area contributed by atoms with E-state index in [1.54, 1.807) is 6.08 Å². The van der Waals surface area contributed by atoms with E-state index in [4.69, 9.17) is 9.05 Å². The van der Waals surface area contributed by atoms with Crippen LogP contribution in [0.15, 0.2) is 170 Å². The third-order valence-electron chi connectivity index (χ3n) is 14.9. The van der Waals surface area contributed by atoms with Crippen molar-refractivity contribution in [2.75, 3.05) is 40.9 Å². The highest BCUT2D eigenvalue weighted by atomic mass is 31.2. The molecule has 0 fully saturated rings. The molecule has 0 aliphatic rings. The predicted molar refractivity (Wildman–Crippen MR) is 387 cm³/mol. The number of aliphatic hydroxyl groups excluding tert-OH is 1. The van der Waals surface area contributed by atoms with Crippen LogP contribution in [0.5, 0.6) is 0 Å². The number of carbonyl (C=O) groups excluding carboxylic acids is 1. The number of unbranched alkanes of at least 4 members (excludes halogenated alkanes) is 24. The van der Waals surface area contributed by atoms with Crippen LogP contribution in [0.2, 0.25) is 0 Å². The van der Waals surface area contributed by atoms with Crippen molar-refractivity contribution in [3.05, 3.63) is 170 Å². The van der Waals surface area contributed by atoms with E-state index in [2.05, 4.69) is 177 Å². The molecule has 0 saturated heterocycles. The van der Waals surface area contributed by atoms with E-state index < -0.39 is 20.0 Å². The summed E-state index contributed by atoms with van der Waals surface area (Å²) in [7, 11) is 1.50. The standard InChI is InChI=1S/C79H133N2O6P/c1-6-8-10-12-14-16-18-20-22-24-26-28-30-32-34-35-36-37-38-39-40-41-42-43-44-45-47-49-51-53-55-57-59-61-63-65-67-69-71-73-79(83)80-77(76-87-88(84,85)86-75-74-81(3,4)5)78(82)72-70-68-66-64-62-60-58-56-54-52-50-48-46-33-31-29-27-25-23-21-19-17-15-13-11-9-7-2/h8,10,14,16,20,22,26,28,32,34,36-37,39-40,42-43,45,47,51,53,57,59,62-65,70,72,77-78,82H,6-7,9,11-13,15,17-19,21,23-25,27,29-31,33,35,38,41,44,46,48-50,52,54-56,58,60-61,66-69,71,73-76H2,1-5H3,(H-,80,83,84,85)/p+1/b10-8-,16-14-,22-20-,28-26-,34-32-,37-36-,40-39-,43-42-,47-45-,53-51-,59-57-,64-62+,65-63-,72-70+. The number of phosphoric acid groups is 1. The zero-order valence-corrected chi connectivity index (χ0v) is 58.0. The van der Waals surface area contributed by atoms with Gasteiger partial charge in [-0.05, 0) is 122 Å². The highest BCUT2D eigenvalue weighted by Gasteiger charge is 2.27. The molecular weight excluding hydrogens is 1100 g/mol. The molecular formula is C79H134N2O6P+. The van der Waals surface area contributed by atoms with Crippen LogP contribution in [0, 0.1) is 0 Å². The van der Waals surface area contributed by atoms with Crippen LogP contribution < -0.4 is 5.32 Å². The first-order chi connectivity index (χ1) is 43.0. The second-order valence-electron chi connectivity index (χ2n) is 24.5. The predicted octanol–water partition coefficient (Wildman–Crippen LogP) is 23.1. The van der Waals surface area contributed by atoms with Crippen LogP contribution in [-0.2, 0) is 18.4 Å². The van der Waals surface area contributed by atoms with Gasteiger partial charge in [-0.2, -0.15) is 0 Å². The van der Waals surface area contributed by atoms with E-state index in [-0.39, 0.29) is 25.5 Å². The summed E-state index contributed by atoms with van der Waals surface area (Å²) >= 11 is 0. The Kier molecular flexibility index (Phi) is 64.1. The lowest BCUT2D eigenvalue weighted by Crippen LogP contribution is -2.45. The van der Waals surface area contributed by atoms with Crippen molar-refractivity contribution >= 4 is 13.7 Å². The quantitative estimate of drug-likeness (QED) is 0.0243. The molecule has 0 saturated carbocycles. The van der Waals surface area contributed by atoms with Gasteiger partial charge in [-0.1, -0.05) is 312 Å². The van der Waals surface area contributed by atoms with Crippen LogP contribution in [0.25, 0.3) is 0 Å². The van der Waals surface area contributed by atoms with Gasteiger partial charge in [0, 0.05) is 6.42 Å². The van der Waals surface area contributed by atoms with E-state index in [0.717, 1.165) is 109 Å². The fourth-order valence-corrected chi connectivity index (χ4v) is 10.2. The molecule has 500 valence electrons. The number of amides is 1. The van der Waals surface area contributed by atoms with Crippen LogP contribution >= 0.6 is 7.82 Å². The third-order valence-corrected chi connectivity index (χ3v) is 15.9. The molecule has 0 radical (unpaired) electrons. The lowest BCUT2D eigenvalue weighted by molar-refractivity contribution is -0.870. The lowest BCUT2D eigenvalue weighted by Gasteiger charge is -2.25. The summed E-state index contributed by atoms with van der Waals surface area (Å²) in [5.74, 6) is -0.234. The number of hydrogen-bond donors (Lipinski definition) is 3. The molecule has 0 aromatic heterocycles. The first kappa shape index (κ1) is 83.9. The summed E-state index contributed by atoms with van der Waals surface area (Å²) in [6.07, 6.45) is 107. The first-order valence-electron chi connectivity index (χ1n) is 35.5. The molecule has 9 heteroatoms. The van der Waals surface area contributed by atoms with Crippen molar-refractivity contribution in [1.29, 1.82) is 0 Å². The zero-order valence-electron chi connectivity index (χ0n) is 57.1. The van der Waals surface area contributed by atoms with Gasteiger partial charge in [0.2, 0.25) is 5.91 Å². The summed E-state index contributed by atoms with van der Waals surface area (Å²) in [6, 6.07) is -0.902. The number of nitrogens with zero attached hydrogens (tertiary/aromatic N) is 1. The summed E-state index contributed by atoms with van der Waals surface area (Å²) in [5.41, 5.74) is 0. The van der Waals surface area contributed by atoms with Crippen molar-refractivity contribution in [3.8, 4) is 0 Å². The topological polar surface area (TPSA) is 105 Å². The molecule has 0 aromatic carbocycles. The Morgan fingerprint density at radius 3 is 1.05 bits per heavy atom. The van der Waals surface area contributed by atoms with E-state index in [9.17, 15) is 19.4 Å². The number of quaternary nitrogens is 1. The van der Waals surface area contributed by atoms with Gasteiger partial charge in [0.1, 0.15) is 13.2 Å². The Morgan fingerprint density at radius 2 is 0.693 bits per heavy atom. The molecule has 0 spiro atoms. The molecule has 0 aliphatic heterocycles. The Morgan fingerprint density at radius 1 is 0.398 bits per heavy atom. The number of phosphoric ester groups is 1. The second kappa shape index (κ2) is 67.3. The van der Waals surface area contributed by atoms with Gasteiger partial charge in [-0.25, -0.2) is 4.57 Å². The lowest BCUT2D eigenvalue weighted by atomic mass is 10.0. The van der Waals surface area contributed by atoms with E-state index in [0.29, 0.717) is 17.4 Å². The van der Waals surface area contributed by atoms with Crippen molar-refractivity contribution in [2.24, 2.45) is 0 Å². The molecule has 0 bridgehead atoms. The summed E-state index contributed by atoms with van der Waals surface area (Å²) in [4.78, 5) is 23.4. The van der Waals surface area contributed by atoms with Crippen LogP contribution in [0.1, 0.15) is 271 Å². The van der Waals surface area contributed by atoms with Gasteiger partial charge >= 0.3 is 7.82 Å². The monoisotopic (exact) mass is 1240 g/mol. The fraction of sp³-hybridized carbons (Fsp3) is 0.633. The summed E-state index contributed by atoms with van der Waals surface area (Å²) < 4.78 is 23.8. The van der Waals surface area contributed by atoms with E-state index in [1.807, 2.05) is 27.2 Å². The molecule has 0 aliphatic carbocycles. The number of likely N-dealkylation sites (N-methyl/N-ethyl adjacent to an activating group) is 1. The Hall–Kier alpha value is -4.14. The second-order valence-corrected chi connectivity index (χ2v) is 26.0. The summed E-state index contributed by atoms with van der Waals surface area (Å²) in [6.45, 7) is 4.65. The molecule has 3 N–H and O–H groups in total. The van der Waals surface area contributed by atoms with Crippen molar-refractivity contribution < 1.29 is 32.9 Å². The minimum absolute atomic E-state index is 0.0385. The van der Waals surface area contributed by atoms with Crippen LogP contribution in [-0.4, -0.2) is 73.4 Å². The van der Waals surface area contributed by atoms with Gasteiger partial charge in [0.05, 0.1) is 39.9 Å². The Labute approximate surface area is 543 Å². The number of hydrogen-bond acceptors (Lipinski definition) is 5. The maximum absolute atomic E-state index is 13.0. The number of allylic oxidation sites excluding steroid dienone is 27. The van der Waals surface area contributed by atoms with E-state index in [1.165, 1.54) is 135 Å². The molecule has 3 unspecified atom stereocenters. The van der Waals surface area contributed by atoms with Gasteiger partial charge in [-0.3, -0.25) is 13.8 Å². The first-order valence-corrected chi connectivity index (χ1v) is 37.0. The third kappa shape index (κ3) is 69.3. The smallest absolute Gasteiger partial charge is 0.387 e. The van der Waals surface area contributed by atoms with Gasteiger partial charge in [0.25, 0.3) is 0 Å². The minimum atomic E-state index is -4.39. The normalized spacial score (nSPS) is 14.7. The fourth-order valence-electron chi connectivity index (χ4n) is 9.45. The molecule has 1 amide bonds. The average Bonchev–Trinajstić information content (AvgIpc) is 3.70. The average molecular weight is 1240 g/mol. The van der Waals surface area contributed by atoms with Crippen LogP contribution in [0.4, 0.5) is 0 Å². The number of rotatable bonds is 63. The van der Waals surface area contributed by atoms with Crippen molar-refractivity contribution in [2.45, 2.75) is 283 Å². The Balaban J connectivity index is 4.27. The number of carbonyl (C=O) groups is 1. The largest absolute Gasteiger partial charge is 0.472 e. The zero-order chi connectivity index (χ0) is 64.1. The van der Waals surface area contributed by atoms with Crippen molar-refractivity contribution in [1.82, 2.24) is 5.32 Å². The molecule has 0 rings (SSSR count). The highest BCUT2D eigenvalue weighted by molar-refractivity contribution is 7.47. The highest BCUT2D eigenvalue weighted by Crippen LogP contribution is 2.43. The van der Waals surface area contributed by atoms with Gasteiger partial charge in [-0.15, -0.1) is 0 Å². The maximum Gasteiger partial charge on any atom is 0.472 e. The number of aliphatic hydroxyl groups is 1. The van der Waals surface area contributed by atoms with Gasteiger partial charge < -0.3 is 19.8 Å². The SMILES string of the molecule is CC/C=C\C/C=C\C/C=C\C/C=C\C/C=C\C/C=C\C/C=C\C/C=C\C/C=C\C/C=C\C/C=C\C/C=C\CCCCC(=O)NC(COP(=O)(O)OCC[N+](C)(C)C)C(O)/C=C/CC/C=C/CCCCCCCCCCCCCCCCCCCCCCC. The van der Waals surface area contributed by atoms with E-state index >= 15 is 0 Å². The molecule has 88 heavy (non-hydrogen) atoms. The summed E-state index contributed by atoms with van der Waals surface area (Å²) in [5, 5.41) is 13.9. The number of nitrogens with one attached hydrogen (secondary N) is 1. The van der Waals surface area contributed by atoms with Crippen LogP contribution in [0.3, 0.4) is 0 Å². The Bertz CT molecular complexity index is 2040. The minimum Gasteiger partial charge on any atom is -0.387 e. The molecule has 0 aromatic rings. The molecule has 8 nitrogen and oxygen atoms in total. The van der Waals surface area contributed by atoms with Crippen molar-refractivity contribution in [3.63, 3.8) is 0 Å². The molecule has 0 heterocycles.